The Kier molecular flexibility index (Phi) is 4.52. The second-order valence-corrected chi connectivity index (χ2v) is 7.14. The molecule has 122 valence electrons. The van der Waals surface area contributed by atoms with E-state index in [-0.39, 0.29) is 17.9 Å². The van der Waals surface area contributed by atoms with E-state index in [0.717, 1.165) is 44.1 Å². The first-order chi connectivity index (χ1) is 10.6. The largest absolute Gasteiger partial charge is 0.396 e. The van der Waals surface area contributed by atoms with Crippen molar-refractivity contribution < 1.29 is 9.90 Å². The molecule has 0 unspecified atom stereocenters. The highest BCUT2D eigenvalue weighted by Crippen LogP contribution is 2.44. The van der Waals surface area contributed by atoms with Gasteiger partial charge in [-0.1, -0.05) is 12.8 Å². The lowest BCUT2D eigenvalue weighted by atomic mass is 9.76. The van der Waals surface area contributed by atoms with Crippen molar-refractivity contribution in [1.29, 1.82) is 0 Å². The molecule has 2 fully saturated rings. The van der Waals surface area contributed by atoms with Gasteiger partial charge >= 0.3 is 0 Å². The van der Waals surface area contributed by atoms with Crippen molar-refractivity contribution in [3.05, 3.63) is 18.2 Å². The molecule has 5 nitrogen and oxygen atoms in total. The first-order valence-electron chi connectivity index (χ1n) is 8.48. The monoisotopic (exact) mass is 305 g/mol. The highest BCUT2D eigenvalue weighted by molar-refractivity contribution is 5.76. The summed E-state index contributed by atoms with van der Waals surface area (Å²) in [6, 6.07) is 0. The summed E-state index contributed by atoms with van der Waals surface area (Å²) in [5.41, 5.74) is -0.0417. The van der Waals surface area contributed by atoms with E-state index in [1.807, 2.05) is 22.6 Å². The van der Waals surface area contributed by atoms with Crippen LogP contribution in [-0.4, -0.2) is 45.2 Å². The number of rotatable bonds is 6. The highest BCUT2D eigenvalue weighted by Gasteiger charge is 2.40. The average molecular weight is 305 g/mol. The van der Waals surface area contributed by atoms with Crippen LogP contribution in [0.4, 0.5) is 0 Å². The summed E-state index contributed by atoms with van der Waals surface area (Å²) in [6.07, 6.45) is 9.98. The molecule has 1 aliphatic carbocycles. The van der Waals surface area contributed by atoms with E-state index in [4.69, 9.17) is 0 Å². The Morgan fingerprint density at radius 1 is 1.50 bits per heavy atom. The summed E-state index contributed by atoms with van der Waals surface area (Å²) in [7, 11) is 0. The number of hydrogen-bond acceptors (Lipinski definition) is 3. The van der Waals surface area contributed by atoms with Gasteiger partial charge in [0.15, 0.2) is 0 Å². The van der Waals surface area contributed by atoms with Gasteiger partial charge in [-0.2, -0.15) is 0 Å². The van der Waals surface area contributed by atoms with Crippen molar-refractivity contribution in [2.24, 2.45) is 11.3 Å². The Morgan fingerprint density at radius 2 is 2.32 bits per heavy atom. The van der Waals surface area contributed by atoms with Crippen molar-refractivity contribution in [1.82, 2.24) is 14.5 Å². The third-order valence-electron chi connectivity index (χ3n) is 5.26. The zero-order valence-corrected chi connectivity index (χ0v) is 13.5. The van der Waals surface area contributed by atoms with Crippen LogP contribution in [-0.2, 0) is 11.3 Å². The fraction of sp³-hybridized carbons (Fsp3) is 0.765. The van der Waals surface area contributed by atoms with E-state index < -0.39 is 0 Å². The van der Waals surface area contributed by atoms with Crippen molar-refractivity contribution in [3.63, 3.8) is 0 Å². The number of nitrogens with zero attached hydrogens (tertiary/aromatic N) is 3. The lowest BCUT2D eigenvalue weighted by molar-refractivity contribution is -0.136. The summed E-state index contributed by atoms with van der Waals surface area (Å²) >= 11 is 0. The number of aromatic nitrogens is 2. The van der Waals surface area contributed by atoms with E-state index in [9.17, 15) is 9.90 Å². The first-order valence-corrected chi connectivity index (χ1v) is 8.48. The molecule has 1 aromatic rings. The molecule has 22 heavy (non-hydrogen) atoms. The minimum Gasteiger partial charge on any atom is -0.396 e. The molecule has 5 heteroatoms. The molecule has 0 aromatic carbocycles. The Balaban J connectivity index is 1.56. The Labute approximate surface area is 132 Å². The van der Waals surface area contributed by atoms with Gasteiger partial charge < -0.3 is 14.6 Å². The van der Waals surface area contributed by atoms with Crippen LogP contribution in [0.5, 0.6) is 0 Å². The molecule has 1 aromatic heterocycles. The molecule has 2 aliphatic rings. The van der Waals surface area contributed by atoms with E-state index in [1.54, 1.807) is 6.20 Å². The lowest BCUT2D eigenvalue weighted by Gasteiger charge is -2.42. The maximum absolute atomic E-state index is 12.5. The molecule has 1 saturated heterocycles. The number of aryl methyl sites for hydroxylation is 2. The molecular weight excluding hydrogens is 278 g/mol. The van der Waals surface area contributed by atoms with Crippen LogP contribution < -0.4 is 0 Å². The zero-order valence-electron chi connectivity index (χ0n) is 13.5. The second-order valence-electron chi connectivity index (χ2n) is 7.14. The average Bonchev–Trinajstić information content (AvgIpc) is 3.24. The third kappa shape index (κ3) is 3.51. The van der Waals surface area contributed by atoms with Gasteiger partial charge in [0.25, 0.3) is 0 Å². The van der Waals surface area contributed by atoms with E-state index in [0.29, 0.717) is 13.0 Å². The molecule has 2 heterocycles. The SMILES string of the molecule is Cc1nccn1CCC(=O)N1CCC[C@](CO)(CC2CC2)C1. The topological polar surface area (TPSA) is 58.4 Å². The number of carbonyl (C=O) groups excluding carboxylic acids is 1. The van der Waals surface area contributed by atoms with Gasteiger partial charge in [-0.25, -0.2) is 4.98 Å². The Hall–Kier alpha value is -1.36. The molecule has 0 radical (unpaired) electrons. The maximum Gasteiger partial charge on any atom is 0.224 e. The minimum atomic E-state index is -0.0417. The Bertz CT molecular complexity index is 524. The Morgan fingerprint density at radius 3 is 2.95 bits per heavy atom. The zero-order chi connectivity index (χ0) is 15.6. The normalized spacial score (nSPS) is 25.5. The molecule has 1 aliphatic heterocycles. The van der Waals surface area contributed by atoms with Crippen molar-refractivity contribution in [2.75, 3.05) is 19.7 Å². The number of amides is 1. The maximum atomic E-state index is 12.5. The number of piperidine rings is 1. The standard InChI is InChI=1S/C17H27N3O2/c1-14-18-7-10-19(14)9-5-16(22)20-8-2-6-17(12-20,13-21)11-15-3-4-15/h7,10,15,21H,2-6,8-9,11-13H2,1H3/t17-/m0/s1. The highest BCUT2D eigenvalue weighted by atomic mass is 16.3. The van der Waals surface area contributed by atoms with Gasteiger partial charge in [0, 0.05) is 43.9 Å². The minimum absolute atomic E-state index is 0.0417. The van der Waals surface area contributed by atoms with E-state index >= 15 is 0 Å². The second kappa shape index (κ2) is 6.41. The van der Waals surface area contributed by atoms with Gasteiger partial charge in [-0.05, 0) is 32.1 Å². The molecule has 1 amide bonds. The van der Waals surface area contributed by atoms with Gasteiger partial charge in [0.05, 0.1) is 6.61 Å². The van der Waals surface area contributed by atoms with Crippen LogP contribution in [0.2, 0.25) is 0 Å². The predicted octanol–water partition coefficient (Wildman–Crippen LogP) is 1.98. The predicted molar refractivity (Wildman–Crippen MR) is 84.3 cm³/mol. The molecule has 1 atom stereocenters. The lowest BCUT2D eigenvalue weighted by Crippen LogP contribution is -2.48. The molecule has 1 N–H and O–H groups in total. The van der Waals surface area contributed by atoms with Gasteiger partial charge in [0.2, 0.25) is 5.91 Å². The molecule has 3 rings (SSSR count). The van der Waals surface area contributed by atoms with E-state index in [2.05, 4.69) is 4.98 Å². The number of hydrogen-bond donors (Lipinski definition) is 1. The van der Waals surface area contributed by atoms with Crippen LogP contribution in [0.25, 0.3) is 0 Å². The fourth-order valence-electron chi connectivity index (χ4n) is 3.73. The molecule has 1 saturated carbocycles. The number of aliphatic hydroxyl groups is 1. The molecular formula is C17H27N3O2. The van der Waals surface area contributed by atoms with Crippen molar-refractivity contribution >= 4 is 5.91 Å². The number of likely N-dealkylation sites (tertiary alicyclic amines) is 1. The smallest absolute Gasteiger partial charge is 0.224 e. The van der Waals surface area contributed by atoms with Gasteiger partial charge in [-0.15, -0.1) is 0 Å². The number of imidazole rings is 1. The van der Waals surface area contributed by atoms with Crippen LogP contribution >= 0.6 is 0 Å². The number of aliphatic hydroxyl groups excluding tert-OH is 1. The van der Waals surface area contributed by atoms with Crippen LogP contribution in [0.3, 0.4) is 0 Å². The summed E-state index contributed by atoms with van der Waals surface area (Å²) in [4.78, 5) is 18.7. The molecule has 0 spiro atoms. The first kappa shape index (κ1) is 15.5. The van der Waals surface area contributed by atoms with Crippen molar-refractivity contribution in [2.45, 2.75) is 52.0 Å². The van der Waals surface area contributed by atoms with E-state index in [1.165, 1.54) is 12.8 Å². The van der Waals surface area contributed by atoms with Gasteiger partial charge in [-0.3, -0.25) is 4.79 Å². The van der Waals surface area contributed by atoms with Crippen LogP contribution in [0.15, 0.2) is 12.4 Å². The third-order valence-corrected chi connectivity index (χ3v) is 5.26. The molecule has 0 bridgehead atoms. The summed E-state index contributed by atoms with van der Waals surface area (Å²) in [5.74, 6) is 1.95. The fourth-order valence-corrected chi connectivity index (χ4v) is 3.73. The van der Waals surface area contributed by atoms with Crippen LogP contribution in [0, 0.1) is 18.3 Å². The van der Waals surface area contributed by atoms with Crippen LogP contribution in [0.1, 0.15) is 44.3 Å². The summed E-state index contributed by atoms with van der Waals surface area (Å²) in [6.45, 7) is 4.44. The number of carbonyl (C=O) groups is 1. The summed E-state index contributed by atoms with van der Waals surface area (Å²) < 4.78 is 2.02. The van der Waals surface area contributed by atoms with Crippen molar-refractivity contribution in [3.8, 4) is 0 Å². The quantitative estimate of drug-likeness (QED) is 0.874. The van der Waals surface area contributed by atoms with Gasteiger partial charge in [0.1, 0.15) is 5.82 Å². The summed E-state index contributed by atoms with van der Waals surface area (Å²) in [5, 5.41) is 9.88.